The van der Waals surface area contributed by atoms with Crippen LogP contribution < -0.4 is 28.9 Å². The fourth-order valence-electron chi connectivity index (χ4n) is 1.76. The van der Waals surface area contributed by atoms with Crippen molar-refractivity contribution in [1.82, 2.24) is 0 Å². The molecule has 0 bridgehead atoms. The first-order chi connectivity index (χ1) is 10.1. The number of ether oxygens (including phenoxy) is 1. The summed E-state index contributed by atoms with van der Waals surface area (Å²) in [5, 5.41) is 1.71. The van der Waals surface area contributed by atoms with Crippen molar-refractivity contribution in [3.8, 4) is 5.75 Å². The molecule has 0 amide bonds. The molecule has 0 radical (unpaired) electrons. The van der Waals surface area contributed by atoms with Crippen LogP contribution >= 0.6 is 31.8 Å². The van der Waals surface area contributed by atoms with Crippen LogP contribution in [0.15, 0.2) is 42.5 Å². The van der Waals surface area contributed by atoms with Gasteiger partial charge in [0.2, 0.25) is 0 Å². The van der Waals surface area contributed by atoms with Crippen molar-refractivity contribution in [3.63, 3.8) is 0 Å². The van der Waals surface area contributed by atoms with Gasteiger partial charge in [-0.1, -0.05) is 48.3 Å². The van der Waals surface area contributed by atoms with E-state index in [1.807, 2.05) is 24.3 Å². The van der Waals surface area contributed by atoms with Crippen LogP contribution in [0.25, 0.3) is 0 Å². The first kappa shape index (κ1) is 19.6. The van der Waals surface area contributed by atoms with Gasteiger partial charge in [-0.25, -0.2) is 0 Å². The van der Waals surface area contributed by atoms with E-state index in [4.69, 9.17) is 27.9 Å². The molecule has 0 saturated heterocycles. The largest absolute Gasteiger partial charge is 1.00 e. The van der Waals surface area contributed by atoms with E-state index in [0.717, 1.165) is 17.5 Å². The summed E-state index contributed by atoms with van der Waals surface area (Å²) in [6, 6.07) is 12.6. The molecule has 0 N–H and O–H groups in total. The summed E-state index contributed by atoms with van der Waals surface area (Å²) in [4.78, 5) is 12.3. The topological polar surface area (TPSA) is 26.3 Å². The molecule has 110 valence electrons. The van der Waals surface area contributed by atoms with E-state index in [9.17, 15) is 4.79 Å². The zero-order valence-corrected chi connectivity index (χ0v) is 15.0. The third-order valence-electron chi connectivity index (χ3n) is 2.77. The molecule has 0 fully saturated rings. The van der Waals surface area contributed by atoms with Crippen LogP contribution in [0.3, 0.4) is 0 Å². The van der Waals surface area contributed by atoms with Crippen LogP contribution in [0.1, 0.15) is 23.7 Å². The van der Waals surface area contributed by atoms with E-state index < -0.39 is 0 Å². The van der Waals surface area contributed by atoms with E-state index in [2.05, 4.69) is 6.92 Å². The fraction of sp³-hybridized carbons (Fsp3) is 0.188. The second kappa shape index (κ2) is 9.61. The molecule has 22 heavy (non-hydrogen) atoms. The van der Waals surface area contributed by atoms with E-state index in [1.54, 1.807) is 18.2 Å². The van der Waals surface area contributed by atoms with Gasteiger partial charge in [-0.3, -0.25) is 4.79 Å². The maximum Gasteiger partial charge on any atom is 1.00 e. The van der Waals surface area contributed by atoms with Crippen LogP contribution in [0.5, 0.6) is 5.75 Å². The Morgan fingerprint density at radius 1 is 1.09 bits per heavy atom. The smallest absolute Gasteiger partial charge is 0.494 e. The monoisotopic (exact) mass is 347 g/mol. The molecule has 0 aromatic heterocycles. The Balaban J connectivity index is 0.00000242. The second-order valence-electron chi connectivity index (χ2n) is 4.42. The fourth-order valence-corrected chi connectivity index (χ4v) is 3.48. The van der Waals surface area contributed by atoms with Crippen LogP contribution in [-0.2, 0) is 0 Å². The number of rotatable bonds is 6. The molecule has 2 nitrogen and oxygen atoms in total. The Labute approximate surface area is 154 Å². The van der Waals surface area contributed by atoms with Crippen molar-refractivity contribution in [2.75, 3.05) is 6.61 Å². The van der Waals surface area contributed by atoms with Crippen molar-refractivity contribution in [2.45, 2.75) is 13.3 Å². The maximum absolute atomic E-state index is 12.3. The van der Waals surface area contributed by atoms with Crippen LogP contribution in [-0.4, -0.2) is 12.1 Å². The SMILES string of the molecule is CCCOc1ccc(PC(=O)c2c(Cl)cccc2Cl)cc1.[Li+]. The Morgan fingerprint density at radius 3 is 2.23 bits per heavy atom. The summed E-state index contributed by atoms with van der Waals surface area (Å²) in [7, 11) is -0.0162. The first-order valence-corrected chi connectivity index (χ1v) is 8.35. The van der Waals surface area contributed by atoms with Crippen molar-refractivity contribution in [1.29, 1.82) is 0 Å². The van der Waals surface area contributed by atoms with E-state index >= 15 is 0 Å². The third kappa shape index (κ3) is 5.31. The van der Waals surface area contributed by atoms with Crippen molar-refractivity contribution in [2.24, 2.45) is 0 Å². The van der Waals surface area contributed by atoms with Crippen LogP contribution in [0, 0.1) is 0 Å². The molecule has 1 atom stereocenters. The summed E-state index contributed by atoms with van der Waals surface area (Å²) in [6.07, 6.45) is 0.965. The summed E-state index contributed by atoms with van der Waals surface area (Å²) in [6.45, 7) is 2.75. The zero-order valence-electron chi connectivity index (χ0n) is 12.5. The quantitative estimate of drug-likeness (QED) is 0.589. The van der Waals surface area contributed by atoms with Crippen LogP contribution in [0.4, 0.5) is 0 Å². The van der Waals surface area contributed by atoms with Crippen molar-refractivity contribution in [3.05, 3.63) is 58.1 Å². The standard InChI is InChI=1S/C16H15Cl2O2P.Li/c1-2-10-20-11-6-8-12(9-7-11)21-16(19)15-13(17)4-3-5-14(15)18;/h3-9,21H,2,10H2,1H3;/q;+1. The number of benzene rings is 2. The van der Waals surface area contributed by atoms with E-state index in [-0.39, 0.29) is 33.0 Å². The third-order valence-corrected chi connectivity index (χ3v) is 4.50. The number of carbonyl (C=O) groups excluding carboxylic acids is 1. The molecule has 0 heterocycles. The maximum atomic E-state index is 12.3. The van der Waals surface area contributed by atoms with Crippen molar-refractivity contribution >= 4 is 42.6 Å². The van der Waals surface area contributed by atoms with Gasteiger partial charge in [0.25, 0.3) is 0 Å². The Kier molecular flexibility index (Phi) is 8.55. The van der Waals surface area contributed by atoms with Gasteiger partial charge in [0.1, 0.15) is 5.75 Å². The Morgan fingerprint density at radius 2 is 1.68 bits per heavy atom. The van der Waals surface area contributed by atoms with Crippen molar-refractivity contribution < 1.29 is 28.4 Å². The summed E-state index contributed by atoms with van der Waals surface area (Å²) in [5.41, 5.74) is 0.332. The van der Waals surface area contributed by atoms with Gasteiger partial charge in [-0.15, -0.1) is 0 Å². The summed E-state index contributed by atoms with van der Waals surface area (Å²) >= 11 is 12.1. The minimum Gasteiger partial charge on any atom is -0.494 e. The predicted molar refractivity (Wildman–Crippen MR) is 91.0 cm³/mol. The summed E-state index contributed by atoms with van der Waals surface area (Å²) < 4.78 is 5.51. The average molecular weight is 348 g/mol. The van der Waals surface area contributed by atoms with Gasteiger partial charge in [0, 0.05) is 0 Å². The molecule has 6 heteroatoms. The molecule has 0 aliphatic carbocycles. The first-order valence-electron chi connectivity index (χ1n) is 6.60. The zero-order chi connectivity index (χ0) is 15.2. The average Bonchev–Trinajstić information content (AvgIpc) is 2.46. The van der Waals surface area contributed by atoms with E-state index in [1.165, 1.54) is 0 Å². The van der Waals surface area contributed by atoms with Gasteiger partial charge in [-0.05, 0) is 44.6 Å². The summed E-state index contributed by atoms with van der Waals surface area (Å²) in [5.74, 6) is 0.814. The van der Waals surface area contributed by atoms with Gasteiger partial charge in [-0.2, -0.15) is 0 Å². The number of carbonyl (C=O) groups is 1. The Hall–Kier alpha value is -0.483. The molecular weight excluding hydrogens is 333 g/mol. The molecular formula is C16H15Cl2LiO2P+. The molecule has 2 aromatic carbocycles. The number of hydrogen-bond acceptors (Lipinski definition) is 2. The van der Waals surface area contributed by atoms with Gasteiger partial charge >= 0.3 is 18.9 Å². The molecule has 0 aliphatic rings. The second-order valence-corrected chi connectivity index (χ2v) is 6.52. The van der Waals surface area contributed by atoms with Gasteiger partial charge < -0.3 is 4.74 Å². The number of halogens is 2. The number of hydrogen-bond donors (Lipinski definition) is 0. The molecule has 0 aliphatic heterocycles. The Bertz CT molecular complexity index is 612. The van der Waals surface area contributed by atoms with Crippen LogP contribution in [0.2, 0.25) is 10.0 Å². The molecule has 2 rings (SSSR count). The molecule has 0 spiro atoms. The predicted octanol–water partition coefficient (Wildman–Crippen LogP) is 1.93. The minimum atomic E-state index is -0.0622. The minimum absolute atomic E-state index is 0. The van der Waals surface area contributed by atoms with E-state index in [0.29, 0.717) is 22.2 Å². The van der Waals surface area contributed by atoms with Gasteiger partial charge in [0.15, 0.2) is 5.52 Å². The molecule has 1 unspecified atom stereocenters. The van der Waals surface area contributed by atoms with Gasteiger partial charge in [0.05, 0.1) is 22.2 Å². The normalized spacial score (nSPS) is 10.5. The molecule has 2 aromatic rings. The molecule has 0 saturated carbocycles.